The van der Waals surface area contributed by atoms with E-state index >= 15 is 0 Å². The second-order valence-corrected chi connectivity index (χ2v) is 5.73. The Labute approximate surface area is 125 Å². The number of nitrogens with zero attached hydrogens (tertiary/aromatic N) is 3. The van der Waals surface area contributed by atoms with Gasteiger partial charge in [-0.2, -0.15) is 4.98 Å². The average Bonchev–Trinajstić information content (AvgIpc) is 3.06. The molecule has 0 bridgehead atoms. The van der Waals surface area contributed by atoms with Crippen molar-refractivity contribution in [1.29, 1.82) is 0 Å². The number of carbonyl (C=O) groups excluding carboxylic acids is 1. The molecular formula is C14H15BrN4O. The summed E-state index contributed by atoms with van der Waals surface area (Å²) < 4.78 is 0. The lowest BCUT2D eigenvalue weighted by Crippen LogP contribution is -2.25. The number of aromatic nitrogens is 3. The topological polar surface area (TPSA) is 61.9 Å². The van der Waals surface area contributed by atoms with E-state index in [9.17, 15) is 4.79 Å². The van der Waals surface area contributed by atoms with Gasteiger partial charge in [0.1, 0.15) is 0 Å². The molecule has 1 amide bonds. The van der Waals surface area contributed by atoms with Crippen LogP contribution in [0.2, 0.25) is 0 Å². The summed E-state index contributed by atoms with van der Waals surface area (Å²) in [4.78, 5) is 18.0. The molecule has 2 heterocycles. The van der Waals surface area contributed by atoms with Crippen molar-refractivity contribution in [3.8, 4) is 11.4 Å². The van der Waals surface area contributed by atoms with Gasteiger partial charge in [-0.3, -0.25) is 14.8 Å². The van der Waals surface area contributed by atoms with Crippen molar-refractivity contribution in [3.63, 3.8) is 0 Å². The third-order valence-electron chi connectivity index (χ3n) is 3.46. The maximum atomic E-state index is 11.9. The van der Waals surface area contributed by atoms with Gasteiger partial charge in [0.15, 0.2) is 5.82 Å². The summed E-state index contributed by atoms with van der Waals surface area (Å²) in [6, 6.07) is 8.04. The quantitative estimate of drug-likeness (QED) is 0.877. The number of aromatic amines is 1. The standard InChI is InChI=1S/C14H15BrN4O/c1-9-2-4-11(5-3-9)13-16-14(18-17-13)19-8-10(7-15)6-12(19)20/h2-5,10H,6-8H2,1H3,(H,16,17,18). The third kappa shape index (κ3) is 2.47. The van der Waals surface area contributed by atoms with Crippen molar-refractivity contribution in [3.05, 3.63) is 29.8 Å². The van der Waals surface area contributed by atoms with Gasteiger partial charge in [-0.1, -0.05) is 45.8 Å². The van der Waals surface area contributed by atoms with Crippen LogP contribution >= 0.6 is 15.9 Å². The maximum absolute atomic E-state index is 11.9. The molecule has 1 N–H and O–H groups in total. The monoisotopic (exact) mass is 334 g/mol. The number of H-pyrrole nitrogens is 1. The number of hydrogen-bond acceptors (Lipinski definition) is 3. The second kappa shape index (κ2) is 5.36. The Kier molecular flexibility index (Phi) is 3.56. The van der Waals surface area contributed by atoms with Gasteiger partial charge in [0.2, 0.25) is 5.91 Å². The smallest absolute Gasteiger partial charge is 0.251 e. The van der Waals surface area contributed by atoms with Crippen LogP contribution in [0.4, 0.5) is 5.95 Å². The predicted octanol–water partition coefficient (Wildman–Crippen LogP) is 2.53. The van der Waals surface area contributed by atoms with Crippen LogP contribution in [0.5, 0.6) is 0 Å². The number of rotatable bonds is 3. The largest absolute Gasteiger partial charge is 0.279 e. The van der Waals surface area contributed by atoms with Crippen LogP contribution in [-0.4, -0.2) is 33.0 Å². The SMILES string of the molecule is Cc1ccc(-c2nc(N3CC(CBr)CC3=O)n[nH]2)cc1. The Morgan fingerprint density at radius 2 is 2.15 bits per heavy atom. The molecular weight excluding hydrogens is 320 g/mol. The summed E-state index contributed by atoms with van der Waals surface area (Å²) in [5.41, 5.74) is 2.17. The summed E-state index contributed by atoms with van der Waals surface area (Å²) in [5, 5.41) is 7.90. The van der Waals surface area contributed by atoms with Gasteiger partial charge >= 0.3 is 0 Å². The molecule has 1 atom stereocenters. The van der Waals surface area contributed by atoms with Crippen molar-refractivity contribution < 1.29 is 4.79 Å². The Bertz CT molecular complexity index is 622. The molecule has 1 aromatic heterocycles. The minimum absolute atomic E-state index is 0.0870. The fraction of sp³-hybridized carbons (Fsp3) is 0.357. The minimum Gasteiger partial charge on any atom is -0.279 e. The zero-order valence-electron chi connectivity index (χ0n) is 11.1. The Morgan fingerprint density at radius 1 is 1.40 bits per heavy atom. The number of aryl methyl sites for hydroxylation is 1. The summed E-state index contributed by atoms with van der Waals surface area (Å²) in [7, 11) is 0. The van der Waals surface area contributed by atoms with Crippen molar-refractivity contribution in [1.82, 2.24) is 15.2 Å². The van der Waals surface area contributed by atoms with Crippen LogP contribution < -0.4 is 4.90 Å². The molecule has 1 aliphatic rings. The van der Waals surface area contributed by atoms with Gasteiger partial charge in [0.25, 0.3) is 5.95 Å². The van der Waals surface area contributed by atoms with E-state index < -0.39 is 0 Å². The minimum atomic E-state index is 0.0870. The lowest BCUT2D eigenvalue weighted by atomic mass is 10.1. The summed E-state index contributed by atoms with van der Waals surface area (Å²) >= 11 is 3.42. The highest BCUT2D eigenvalue weighted by atomic mass is 79.9. The van der Waals surface area contributed by atoms with E-state index in [1.54, 1.807) is 4.90 Å². The Hall–Kier alpha value is -1.69. The van der Waals surface area contributed by atoms with E-state index in [2.05, 4.69) is 31.1 Å². The normalized spacial score (nSPS) is 18.8. The zero-order chi connectivity index (χ0) is 14.1. The summed E-state index contributed by atoms with van der Waals surface area (Å²) in [6.45, 7) is 2.72. The fourth-order valence-electron chi connectivity index (χ4n) is 2.29. The van der Waals surface area contributed by atoms with Gasteiger partial charge < -0.3 is 0 Å². The molecule has 0 saturated carbocycles. The highest BCUT2D eigenvalue weighted by Gasteiger charge is 2.32. The average molecular weight is 335 g/mol. The summed E-state index contributed by atoms with van der Waals surface area (Å²) in [6.07, 6.45) is 0.555. The predicted molar refractivity (Wildman–Crippen MR) is 80.8 cm³/mol. The molecule has 0 spiro atoms. The highest BCUT2D eigenvalue weighted by molar-refractivity contribution is 9.09. The number of hydrogen-bond donors (Lipinski definition) is 1. The van der Waals surface area contributed by atoms with Crippen molar-refractivity contribution in [2.24, 2.45) is 5.92 Å². The molecule has 1 saturated heterocycles. The summed E-state index contributed by atoms with van der Waals surface area (Å²) in [5.74, 6) is 1.58. The molecule has 2 aromatic rings. The number of anilines is 1. The number of nitrogens with one attached hydrogen (secondary N) is 1. The molecule has 0 aliphatic carbocycles. The Morgan fingerprint density at radius 3 is 2.80 bits per heavy atom. The van der Waals surface area contributed by atoms with E-state index in [1.165, 1.54) is 5.56 Å². The van der Waals surface area contributed by atoms with E-state index in [0.717, 1.165) is 10.9 Å². The van der Waals surface area contributed by atoms with Crippen LogP contribution in [0.1, 0.15) is 12.0 Å². The van der Waals surface area contributed by atoms with Gasteiger partial charge in [-0.05, 0) is 12.8 Å². The third-order valence-corrected chi connectivity index (χ3v) is 4.38. The first-order chi connectivity index (χ1) is 9.67. The number of halogens is 1. The van der Waals surface area contributed by atoms with Crippen LogP contribution in [0.25, 0.3) is 11.4 Å². The Balaban J connectivity index is 1.83. The molecule has 6 heteroatoms. The highest BCUT2D eigenvalue weighted by Crippen LogP contribution is 2.25. The molecule has 1 fully saturated rings. The first-order valence-electron chi connectivity index (χ1n) is 6.53. The molecule has 1 aromatic carbocycles. The molecule has 3 rings (SSSR count). The number of carbonyl (C=O) groups is 1. The lowest BCUT2D eigenvalue weighted by Gasteiger charge is -2.10. The van der Waals surface area contributed by atoms with E-state index in [0.29, 0.717) is 30.7 Å². The molecule has 0 radical (unpaired) electrons. The van der Waals surface area contributed by atoms with Gasteiger partial charge in [0.05, 0.1) is 0 Å². The number of alkyl halides is 1. The molecule has 104 valence electrons. The van der Waals surface area contributed by atoms with Gasteiger partial charge in [0, 0.05) is 23.9 Å². The number of amides is 1. The van der Waals surface area contributed by atoms with Crippen LogP contribution in [0.15, 0.2) is 24.3 Å². The van der Waals surface area contributed by atoms with E-state index in [-0.39, 0.29) is 5.91 Å². The second-order valence-electron chi connectivity index (χ2n) is 5.08. The molecule has 1 aliphatic heterocycles. The van der Waals surface area contributed by atoms with Crippen molar-refractivity contribution >= 4 is 27.8 Å². The lowest BCUT2D eigenvalue weighted by molar-refractivity contribution is -0.117. The molecule has 5 nitrogen and oxygen atoms in total. The maximum Gasteiger partial charge on any atom is 0.251 e. The fourth-order valence-corrected chi connectivity index (χ4v) is 2.73. The van der Waals surface area contributed by atoms with E-state index in [1.807, 2.05) is 31.2 Å². The van der Waals surface area contributed by atoms with Crippen LogP contribution in [-0.2, 0) is 4.79 Å². The van der Waals surface area contributed by atoms with Crippen molar-refractivity contribution in [2.45, 2.75) is 13.3 Å². The van der Waals surface area contributed by atoms with Crippen LogP contribution in [0, 0.1) is 12.8 Å². The van der Waals surface area contributed by atoms with Crippen molar-refractivity contribution in [2.75, 3.05) is 16.8 Å². The molecule has 20 heavy (non-hydrogen) atoms. The van der Waals surface area contributed by atoms with E-state index in [4.69, 9.17) is 0 Å². The van der Waals surface area contributed by atoms with Gasteiger partial charge in [-0.25, -0.2) is 0 Å². The first kappa shape index (κ1) is 13.3. The number of benzene rings is 1. The first-order valence-corrected chi connectivity index (χ1v) is 7.65. The van der Waals surface area contributed by atoms with Gasteiger partial charge in [-0.15, -0.1) is 5.10 Å². The zero-order valence-corrected chi connectivity index (χ0v) is 12.7. The van der Waals surface area contributed by atoms with Crippen LogP contribution in [0.3, 0.4) is 0 Å². The molecule has 1 unspecified atom stereocenters.